The second kappa shape index (κ2) is 22.2. The minimum atomic E-state index is -4.85. The van der Waals surface area contributed by atoms with E-state index in [2.05, 4.69) is 15.5 Å². The molecule has 1 aromatic heterocycles. The van der Waals surface area contributed by atoms with Gasteiger partial charge in [-0.05, 0) is 82.4 Å². The molecule has 3 aliphatic heterocycles. The van der Waals surface area contributed by atoms with Gasteiger partial charge >= 0.3 is 12.1 Å². The topological polar surface area (TPSA) is 239 Å². The molecule has 9 atom stereocenters. The maximum absolute atomic E-state index is 14.4. The van der Waals surface area contributed by atoms with Gasteiger partial charge in [-0.15, -0.1) is 0 Å². The lowest BCUT2D eigenvalue weighted by Gasteiger charge is -2.42. The van der Waals surface area contributed by atoms with Gasteiger partial charge in [0.05, 0.1) is 23.2 Å². The van der Waals surface area contributed by atoms with Gasteiger partial charge in [-0.2, -0.15) is 8.42 Å². The number of aromatic nitrogens is 1. The van der Waals surface area contributed by atoms with Crippen LogP contribution < -0.4 is 15.5 Å². The summed E-state index contributed by atoms with van der Waals surface area (Å²) < 4.78 is 60.3. The maximum atomic E-state index is 14.4. The number of benzene rings is 2. The van der Waals surface area contributed by atoms with Crippen LogP contribution >= 0.6 is 11.6 Å². The summed E-state index contributed by atoms with van der Waals surface area (Å²) in [7, 11) is 1.27. The number of epoxide rings is 1. The van der Waals surface area contributed by atoms with Crippen LogP contribution in [0, 0.1) is 12.8 Å². The predicted octanol–water partition coefficient (Wildman–Crippen LogP) is 4.68. The van der Waals surface area contributed by atoms with Crippen LogP contribution in [0.3, 0.4) is 0 Å². The molecule has 3 aliphatic rings. The zero-order valence-electron chi connectivity index (χ0n) is 41.9. The molecule has 4 heterocycles. The smallest absolute Gasteiger partial charge is 0.409 e. The average molecular weight is 1030 g/mol. The quantitative estimate of drug-likeness (QED) is 0.0975. The average Bonchev–Trinajstić information content (AvgIpc) is 3.88. The zero-order chi connectivity index (χ0) is 52.3. The van der Waals surface area contributed by atoms with Crippen molar-refractivity contribution in [2.75, 3.05) is 45.5 Å². The van der Waals surface area contributed by atoms with Crippen LogP contribution in [0.25, 0.3) is 10.9 Å². The van der Waals surface area contributed by atoms with Gasteiger partial charge in [0, 0.05) is 64.3 Å². The van der Waals surface area contributed by atoms with E-state index in [0.717, 1.165) is 39.2 Å². The van der Waals surface area contributed by atoms with Crippen LogP contribution in [-0.2, 0) is 67.8 Å². The number of amides is 4. The molecule has 2 fully saturated rings. The first-order valence-corrected chi connectivity index (χ1v) is 25.6. The number of para-hydroxylation sites is 1. The number of ether oxygens (including phenoxy) is 4. The summed E-state index contributed by atoms with van der Waals surface area (Å²) in [5.41, 5.74) is 1.38. The van der Waals surface area contributed by atoms with Crippen molar-refractivity contribution in [3.63, 3.8) is 0 Å². The molecule has 19 nitrogen and oxygen atoms in total. The summed E-state index contributed by atoms with van der Waals surface area (Å²) in [6, 6.07) is 10.2. The summed E-state index contributed by atoms with van der Waals surface area (Å²) in [5, 5.41) is 18.1. The van der Waals surface area contributed by atoms with Gasteiger partial charge in [0.25, 0.3) is 10.1 Å². The molecule has 0 spiro atoms. The van der Waals surface area contributed by atoms with Crippen LogP contribution in [-0.4, -0.2) is 151 Å². The minimum absolute atomic E-state index is 0.136. The number of nitrogens with zero attached hydrogens (tertiary/aromatic N) is 4. The van der Waals surface area contributed by atoms with Crippen LogP contribution in [0.5, 0.6) is 0 Å². The third-order valence-corrected chi connectivity index (χ3v) is 15.2. The maximum Gasteiger partial charge on any atom is 0.409 e. The lowest BCUT2D eigenvalue weighted by molar-refractivity contribution is -0.162. The van der Waals surface area contributed by atoms with Crippen molar-refractivity contribution >= 4 is 68.1 Å². The highest BCUT2D eigenvalue weighted by molar-refractivity contribution is 7.85. The number of fused-ring (bicyclic) bond motifs is 6. The molecular weight excluding hydrogens is 960 g/mol. The van der Waals surface area contributed by atoms with Gasteiger partial charge in [0.1, 0.15) is 41.7 Å². The van der Waals surface area contributed by atoms with E-state index in [1.807, 2.05) is 74.9 Å². The lowest BCUT2D eigenvalue weighted by atomic mass is 9.83. The standard InChI is InChI=1S/C50H67ClN6O13S/c1-11-54(7)27-35-24-34-16-12-13-17-37(34)57(35)20-19-42(58)52-36(28-71(64,65)66)46(60)55(8)32(5)47(61)69-41-25-43(59)56(9)38-23-33(22-30(3)44(38)51)21-29(2)15-14-18-40(67-10)50(63)26-39(68-48(62)53-50)31(4)45-49(41,6)70-45/h12-18,22-24,31-32,36,39-41,45,63H,11,19-21,25-28H2,1-10H3,(H,52,58)(H,53,62)(H,64,65,66)/b18-14+,29-15+/t31-,32+,36?,39+,40-,41+,45?,49+,50-/m1/s1. The molecule has 3 aromatic rings. The molecule has 0 aliphatic carbocycles. The molecule has 0 radical (unpaired) electrons. The molecule has 4 bridgehead atoms. The first kappa shape index (κ1) is 55.0. The number of rotatable bonds is 14. The second-order valence-electron chi connectivity index (χ2n) is 19.3. The minimum Gasteiger partial charge on any atom is -0.457 e. The van der Waals surface area contributed by atoms with E-state index in [4.69, 9.17) is 30.5 Å². The number of aryl methyl sites for hydroxylation is 2. The third-order valence-electron chi connectivity index (χ3n) is 13.9. The monoisotopic (exact) mass is 1030 g/mol. The normalized spacial score (nSPS) is 27.1. The van der Waals surface area contributed by atoms with E-state index < -0.39 is 106 Å². The molecule has 2 saturated heterocycles. The van der Waals surface area contributed by atoms with E-state index >= 15 is 0 Å². The van der Waals surface area contributed by atoms with Crippen molar-refractivity contribution in [1.29, 1.82) is 0 Å². The number of alkyl carbamates (subject to hydrolysis) is 1. The largest absolute Gasteiger partial charge is 0.457 e. The van der Waals surface area contributed by atoms with Crippen molar-refractivity contribution in [1.82, 2.24) is 25.0 Å². The van der Waals surface area contributed by atoms with E-state index in [0.29, 0.717) is 29.2 Å². The summed E-state index contributed by atoms with van der Waals surface area (Å²) in [5.74, 6) is -5.08. The van der Waals surface area contributed by atoms with Crippen molar-refractivity contribution in [3.05, 3.63) is 88.1 Å². The highest BCUT2D eigenvalue weighted by Gasteiger charge is 2.64. The van der Waals surface area contributed by atoms with Gasteiger partial charge in [0.2, 0.25) is 17.7 Å². The molecule has 4 amide bonds. The molecule has 2 aromatic carbocycles. The fraction of sp³-hybridized carbons (Fsp3) is 0.540. The van der Waals surface area contributed by atoms with Gasteiger partial charge in [0.15, 0.2) is 5.72 Å². The SMILES string of the molecule is CCN(C)Cc1cc2ccccc2n1CCC(=O)NC(CS(=O)(=O)O)C(=O)N(C)[C@@H](C)C(=O)O[C@H]1CC(=O)N(C)c2cc(cc(C)c2Cl)C/C(C)=C/C=C/[C@@H](OC)[C@]2(O)C[C@H](OC(=O)N2)[C@@H](C)C2O[C@]21C. The predicted molar refractivity (Wildman–Crippen MR) is 266 cm³/mol. The summed E-state index contributed by atoms with van der Waals surface area (Å²) in [6.45, 7) is 12.0. The molecule has 388 valence electrons. The van der Waals surface area contributed by atoms with E-state index in [9.17, 15) is 42.0 Å². The second-order valence-corrected chi connectivity index (χ2v) is 21.1. The van der Waals surface area contributed by atoms with Crippen LogP contribution in [0.4, 0.5) is 10.5 Å². The number of allylic oxidation sites excluding steroid dienone is 3. The van der Waals surface area contributed by atoms with E-state index in [1.54, 1.807) is 39.1 Å². The highest BCUT2D eigenvalue weighted by atomic mass is 35.5. The first-order chi connectivity index (χ1) is 33.3. The number of aliphatic hydroxyl groups is 1. The Balaban J connectivity index is 1.25. The molecule has 21 heteroatoms. The van der Waals surface area contributed by atoms with Gasteiger partial charge in [-0.25, -0.2) is 9.59 Å². The Bertz CT molecular complexity index is 2690. The molecule has 2 unspecified atom stereocenters. The van der Waals surface area contributed by atoms with Crippen LogP contribution in [0.2, 0.25) is 5.02 Å². The van der Waals surface area contributed by atoms with Gasteiger partial charge in [-0.3, -0.25) is 24.3 Å². The Labute approximate surface area is 420 Å². The number of hydrogen-bond acceptors (Lipinski definition) is 13. The molecule has 0 saturated carbocycles. The van der Waals surface area contributed by atoms with Crippen molar-refractivity contribution in [2.45, 2.75) is 128 Å². The van der Waals surface area contributed by atoms with Gasteiger partial charge < -0.3 is 48.6 Å². The number of hydrogen-bond donors (Lipinski definition) is 4. The lowest BCUT2D eigenvalue weighted by Crippen LogP contribution is -2.63. The van der Waals surface area contributed by atoms with Gasteiger partial charge in [-0.1, -0.05) is 73.5 Å². The van der Waals surface area contributed by atoms with Crippen molar-refractivity contribution in [2.24, 2.45) is 5.92 Å². The summed E-state index contributed by atoms with van der Waals surface area (Å²) in [4.78, 5) is 73.7. The Morgan fingerprint density at radius 1 is 1.13 bits per heavy atom. The van der Waals surface area contributed by atoms with Crippen LogP contribution in [0.15, 0.2) is 66.3 Å². The number of esters is 1. The van der Waals surface area contributed by atoms with E-state index in [1.165, 1.54) is 26.0 Å². The number of carbonyl (C=O) groups excluding carboxylic acids is 5. The first-order valence-electron chi connectivity index (χ1n) is 23.6. The molecular formula is C50H67ClN6O13S. The zero-order valence-corrected chi connectivity index (χ0v) is 43.5. The summed E-state index contributed by atoms with van der Waals surface area (Å²) >= 11 is 6.82. The molecule has 4 N–H and O–H groups in total. The Hall–Kier alpha value is -5.35. The number of nitrogens with one attached hydrogen (secondary N) is 2. The Morgan fingerprint density at radius 3 is 2.51 bits per heavy atom. The number of likely N-dealkylation sites (N-methyl/N-ethyl adjacent to an activating group) is 1. The molecule has 6 rings (SSSR count). The number of carbonyl (C=O) groups is 5. The fourth-order valence-electron chi connectivity index (χ4n) is 9.39. The number of halogens is 1. The van der Waals surface area contributed by atoms with Crippen molar-refractivity contribution in [3.8, 4) is 0 Å². The van der Waals surface area contributed by atoms with Crippen molar-refractivity contribution < 1.29 is 61.0 Å². The highest BCUT2D eigenvalue weighted by Crippen LogP contribution is 2.49. The Morgan fingerprint density at radius 2 is 1.83 bits per heavy atom. The fourth-order valence-corrected chi connectivity index (χ4v) is 10.3. The summed E-state index contributed by atoms with van der Waals surface area (Å²) in [6.07, 6.45) is -0.106. The molecule has 71 heavy (non-hydrogen) atoms. The number of methoxy groups -OCH3 is 1. The number of anilines is 1. The third kappa shape index (κ3) is 12.8. The Kier molecular flexibility index (Phi) is 17.2. The van der Waals surface area contributed by atoms with E-state index in [-0.39, 0.29) is 19.4 Å². The van der Waals surface area contributed by atoms with Crippen LogP contribution in [0.1, 0.15) is 70.7 Å².